The zero-order valence-electron chi connectivity index (χ0n) is 13.6. The topological polar surface area (TPSA) is 49.5 Å². The van der Waals surface area contributed by atoms with Crippen LogP contribution in [0, 0.1) is 6.92 Å². The molecule has 2 fully saturated rings. The van der Waals surface area contributed by atoms with Crippen LogP contribution >= 0.6 is 0 Å². The quantitative estimate of drug-likeness (QED) is 0.540. The number of hydrogen-bond donors (Lipinski definition) is 2. The maximum absolute atomic E-state index is 10.1. The maximum atomic E-state index is 10.1. The van der Waals surface area contributed by atoms with Crippen LogP contribution in [0.4, 0.5) is 11.4 Å². The number of aliphatic hydroxyl groups is 1. The predicted molar refractivity (Wildman–Crippen MR) is 87.4 cm³/mol. The van der Waals surface area contributed by atoms with Gasteiger partial charge >= 0.3 is 0 Å². The van der Waals surface area contributed by atoms with Gasteiger partial charge in [0.2, 0.25) is 0 Å². The van der Waals surface area contributed by atoms with E-state index in [0.717, 1.165) is 35.2 Å². The smallest absolute Gasteiger partial charge is 0.0992 e. The zero-order valence-corrected chi connectivity index (χ0v) is 14.4. The van der Waals surface area contributed by atoms with Gasteiger partial charge in [0.15, 0.2) is 0 Å². The van der Waals surface area contributed by atoms with Crippen LogP contribution in [0.1, 0.15) is 24.8 Å². The number of rotatable bonds is 3. The molecule has 22 heavy (non-hydrogen) atoms. The average Bonchev–Trinajstić information content (AvgIpc) is 3.00. The van der Waals surface area contributed by atoms with E-state index in [2.05, 4.69) is 31.0 Å². The fourth-order valence-electron chi connectivity index (χ4n) is 4.01. The molecule has 2 aliphatic heterocycles. The number of hydrogen-bond acceptors (Lipinski definition) is 3. The SMILES string of the molecule is Cc1cc(N2CC(O)CC2C[N+]2(C)CCCC2)ccc1N.[Cl-]. The van der Waals surface area contributed by atoms with Crippen LogP contribution in [0.3, 0.4) is 0 Å². The molecule has 3 rings (SSSR count). The summed E-state index contributed by atoms with van der Waals surface area (Å²) in [6, 6.07) is 6.67. The third-order valence-electron chi connectivity index (χ3n) is 5.27. The largest absolute Gasteiger partial charge is 1.00 e. The summed E-state index contributed by atoms with van der Waals surface area (Å²) in [5, 5.41) is 10.1. The summed E-state index contributed by atoms with van der Waals surface area (Å²) in [5.74, 6) is 0. The lowest BCUT2D eigenvalue weighted by molar-refractivity contribution is -0.898. The van der Waals surface area contributed by atoms with E-state index < -0.39 is 0 Å². The molecule has 124 valence electrons. The second-order valence-electron chi connectivity index (χ2n) is 7.19. The van der Waals surface area contributed by atoms with Crippen molar-refractivity contribution in [1.82, 2.24) is 0 Å². The van der Waals surface area contributed by atoms with E-state index >= 15 is 0 Å². The Bertz CT molecular complexity index is 517. The Kier molecular flexibility index (Phi) is 5.25. The fourth-order valence-corrected chi connectivity index (χ4v) is 4.01. The number of nitrogens with two attached hydrogens (primary N) is 1. The molecule has 2 unspecified atom stereocenters. The number of anilines is 2. The highest BCUT2D eigenvalue weighted by molar-refractivity contribution is 5.59. The van der Waals surface area contributed by atoms with Crippen LogP contribution in [0.25, 0.3) is 0 Å². The summed E-state index contributed by atoms with van der Waals surface area (Å²) < 4.78 is 1.15. The van der Waals surface area contributed by atoms with E-state index in [1.807, 2.05) is 6.07 Å². The van der Waals surface area contributed by atoms with Crippen molar-refractivity contribution in [2.24, 2.45) is 0 Å². The summed E-state index contributed by atoms with van der Waals surface area (Å²) in [7, 11) is 2.37. The number of β-amino-alcohol motifs (C(OH)–C–C–N with tert-alkyl or cyclic N) is 1. The van der Waals surface area contributed by atoms with Gasteiger partial charge in [-0.05, 0) is 30.7 Å². The van der Waals surface area contributed by atoms with Crippen LogP contribution in [0.15, 0.2) is 18.2 Å². The fraction of sp³-hybridized carbons (Fsp3) is 0.647. The number of nitrogen functional groups attached to an aromatic ring is 1. The number of quaternary nitrogens is 1. The normalized spacial score (nSPS) is 27.0. The van der Waals surface area contributed by atoms with Crippen molar-refractivity contribution in [2.75, 3.05) is 43.9 Å². The molecule has 0 aromatic heterocycles. The van der Waals surface area contributed by atoms with Gasteiger partial charge in [-0.2, -0.15) is 0 Å². The summed E-state index contributed by atoms with van der Waals surface area (Å²) in [4.78, 5) is 2.39. The first-order valence-electron chi connectivity index (χ1n) is 8.11. The Hall–Kier alpha value is -0.970. The molecule has 3 N–H and O–H groups in total. The molecule has 0 amide bonds. The minimum Gasteiger partial charge on any atom is -1.00 e. The van der Waals surface area contributed by atoms with E-state index in [4.69, 9.17) is 5.73 Å². The molecule has 1 aromatic rings. The molecular weight excluding hydrogens is 298 g/mol. The number of benzene rings is 1. The Labute approximate surface area is 139 Å². The lowest BCUT2D eigenvalue weighted by Gasteiger charge is -2.36. The van der Waals surface area contributed by atoms with Crippen molar-refractivity contribution < 1.29 is 22.0 Å². The highest BCUT2D eigenvalue weighted by Gasteiger charge is 2.38. The Balaban J connectivity index is 0.00000176. The first-order chi connectivity index (χ1) is 9.97. The third-order valence-corrected chi connectivity index (χ3v) is 5.27. The van der Waals surface area contributed by atoms with Gasteiger partial charge in [-0.3, -0.25) is 0 Å². The monoisotopic (exact) mass is 325 g/mol. The molecular formula is C17H28ClN3O. The van der Waals surface area contributed by atoms with E-state index in [1.165, 1.54) is 31.6 Å². The van der Waals surface area contributed by atoms with E-state index in [9.17, 15) is 5.11 Å². The summed E-state index contributed by atoms with van der Waals surface area (Å²) in [6.45, 7) is 6.49. The molecule has 2 atom stereocenters. The lowest BCUT2D eigenvalue weighted by Crippen LogP contribution is -3.00. The first kappa shape index (κ1) is 17.4. The zero-order chi connectivity index (χ0) is 15.0. The molecule has 0 radical (unpaired) electrons. The molecule has 2 saturated heterocycles. The molecule has 0 aliphatic carbocycles. The van der Waals surface area contributed by atoms with Crippen LogP contribution in [0.5, 0.6) is 0 Å². The van der Waals surface area contributed by atoms with Crippen molar-refractivity contribution >= 4 is 11.4 Å². The number of aliphatic hydroxyl groups excluding tert-OH is 1. The van der Waals surface area contributed by atoms with Gasteiger partial charge in [-0.25, -0.2) is 0 Å². The van der Waals surface area contributed by atoms with E-state index in [-0.39, 0.29) is 18.5 Å². The number of likely N-dealkylation sites (N-methyl/N-ethyl adjacent to an activating group) is 1. The standard InChI is InChI=1S/C17H28N3O.ClH/c1-13-9-14(5-6-17(13)18)19-11-16(21)10-15(19)12-20(2)7-3-4-8-20;/h5-6,9,15-16,21H,3-4,7-8,10-12,18H2,1-2H3;1H/q+1;/p-1. The highest BCUT2D eigenvalue weighted by atomic mass is 35.5. The Morgan fingerprint density at radius 2 is 2.00 bits per heavy atom. The van der Waals surface area contributed by atoms with Crippen molar-refractivity contribution in [2.45, 2.75) is 38.3 Å². The molecule has 2 aliphatic rings. The number of likely N-dealkylation sites (tertiary alicyclic amines) is 1. The maximum Gasteiger partial charge on any atom is 0.0992 e. The first-order valence-corrected chi connectivity index (χ1v) is 8.11. The van der Waals surface area contributed by atoms with Crippen LogP contribution in [-0.4, -0.2) is 55.0 Å². The molecule has 4 nitrogen and oxygen atoms in total. The number of aryl methyl sites for hydroxylation is 1. The van der Waals surface area contributed by atoms with E-state index in [0.29, 0.717) is 6.04 Å². The lowest BCUT2D eigenvalue weighted by atomic mass is 10.1. The molecule has 0 spiro atoms. The van der Waals surface area contributed by atoms with Gasteiger partial charge in [-0.15, -0.1) is 0 Å². The van der Waals surface area contributed by atoms with Crippen molar-refractivity contribution in [3.05, 3.63) is 23.8 Å². The third kappa shape index (κ3) is 3.50. The summed E-state index contributed by atoms with van der Waals surface area (Å²) >= 11 is 0. The molecule has 2 heterocycles. The molecule has 1 aromatic carbocycles. The highest BCUT2D eigenvalue weighted by Crippen LogP contribution is 2.30. The van der Waals surface area contributed by atoms with Crippen LogP contribution in [0.2, 0.25) is 0 Å². The summed E-state index contributed by atoms with van der Waals surface area (Å²) in [6.07, 6.45) is 3.36. The van der Waals surface area contributed by atoms with Gasteiger partial charge in [0, 0.05) is 37.2 Å². The molecule has 0 bridgehead atoms. The van der Waals surface area contributed by atoms with Crippen LogP contribution in [-0.2, 0) is 0 Å². The summed E-state index contributed by atoms with van der Waals surface area (Å²) in [5.41, 5.74) is 9.10. The van der Waals surface area contributed by atoms with Gasteiger partial charge < -0.3 is 32.6 Å². The Morgan fingerprint density at radius 3 is 2.64 bits per heavy atom. The Morgan fingerprint density at radius 1 is 1.32 bits per heavy atom. The van der Waals surface area contributed by atoms with Crippen molar-refractivity contribution in [3.8, 4) is 0 Å². The minimum absolute atomic E-state index is 0. The van der Waals surface area contributed by atoms with Crippen molar-refractivity contribution in [1.29, 1.82) is 0 Å². The predicted octanol–water partition coefficient (Wildman–Crippen LogP) is -1.24. The second kappa shape index (κ2) is 6.65. The van der Waals surface area contributed by atoms with Crippen molar-refractivity contribution in [3.63, 3.8) is 0 Å². The van der Waals surface area contributed by atoms with Gasteiger partial charge in [0.05, 0.1) is 38.8 Å². The second-order valence-corrected chi connectivity index (χ2v) is 7.19. The minimum atomic E-state index is -0.206. The average molecular weight is 326 g/mol. The number of nitrogens with zero attached hydrogens (tertiary/aromatic N) is 2. The van der Waals surface area contributed by atoms with Gasteiger partial charge in [-0.1, -0.05) is 0 Å². The molecule has 0 saturated carbocycles. The van der Waals surface area contributed by atoms with Gasteiger partial charge in [0.25, 0.3) is 0 Å². The van der Waals surface area contributed by atoms with E-state index in [1.54, 1.807) is 0 Å². The van der Waals surface area contributed by atoms with Crippen LogP contribution < -0.4 is 23.0 Å². The van der Waals surface area contributed by atoms with Gasteiger partial charge in [0.1, 0.15) is 0 Å². The molecule has 5 heteroatoms. The number of halogens is 1.